The van der Waals surface area contributed by atoms with Gasteiger partial charge in [-0.15, -0.1) is 0 Å². The first-order chi connectivity index (χ1) is 6.60. The Labute approximate surface area is 87.5 Å². The molecule has 14 heavy (non-hydrogen) atoms. The maximum absolute atomic E-state index is 11.7. The monoisotopic (exact) mass is 197 g/mol. The van der Waals surface area contributed by atoms with E-state index in [-0.39, 0.29) is 5.41 Å². The second-order valence-corrected chi connectivity index (χ2v) is 4.93. The van der Waals surface area contributed by atoms with Crippen molar-refractivity contribution in [1.82, 2.24) is 5.32 Å². The van der Waals surface area contributed by atoms with E-state index in [0.717, 1.165) is 38.1 Å². The fraction of sp³-hybridized carbons (Fsp3) is 0.917. The van der Waals surface area contributed by atoms with Gasteiger partial charge in [0.25, 0.3) is 0 Å². The van der Waals surface area contributed by atoms with Crippen LogP contribution in [0.4, 0.5) is 0 Å². The summed E-state index contributed by atoms with van der Waals surface area (Å²) in [7, 11) is 0. The molecule has 1 aliphatic rings. The summed E-state index contributed by atoms with van der Waals surface area (Å²) >= 11 is 0. The van der Waals surface area contributed by atoms with E-state index >= 15 is 0 Å². The van der Waals surface area contributed by atoms with Crippen LogP contribution in [0.25, 0.3) is 0 Å². The van der Waals surface area contributed by atoms with Crippen LogP contribution in [0.1, 0.15) is 52.9 Å². The van der Waals surface area contributed by atoms with E-state index in [4.69, 9.17) is 0 Å². The Morgan fingerprint density at radius 3 is 2.50 bits per heavy atom. The van der Waals surface area contributed by atoms with Crippen LogP contribution in [0.3, 0.4) is 0 Å². The van der Waals surface area contributed by atoms with Crippen molar-refractivity contribution < 1.29 is 4.79 Å². The number of carbonyl (C=O) groups is 1. The zero-order valence-electron chi connectivity index (χ0n) is 9.73. The highest BCUT2D eigenvalue weighted by Crippen LogP contribution is 2.48. The lowest BCUT2D eigenvalue weighted by atomic mass is 10.0. The highest BCUT2D eigenvalue weighted by molar-refractivity contribution is 5.85. The van der Waals surface area contributed by atoms with Crippen LogP contribution in [0.2, 0.25) is 0 Å². The zero-order chi connectivity index (χ0) is 10.6. The van der Waals surface area contributed by atoms with E-state index in [1.54, 1.807) is 0 Å². The Balaban J connectivity index is 2.10. The second-order valence-electron chi connectivity index (χ2n) is 4.93. The minimum atomic E-state index is 0.0395. The van der Waals surface area contributed by atoms with Crippen LogP contribution in [0.5, 0.6) is 0 Å². The molecular weight excluding hydrogens is 174 g/mol. The van der Waals surface area contributed by atoms with Crippen molar-refractivity contribution in [2.24, 2.45) is 11.3 Å². The number of hydrogen-bond donors (Lipinski definition) is 1. The normalized spacial score (nSPS) is 18.3. The standard InChI is InChI=1S/C12H23NO/c1-4-12(7-8-12)11(14)13-9-5-6-10(2)3/h10H,4-9H2,1-3H3,(H,13,14). The zero-order valence-corrected chi connectivity index (χ0v) is 9.73. The molecule has 0 atom stereocenters. The molecule has 0 aliphatic heterocycles. The summed E-state index contributed by atoms with van der Waals surface area (Å²) in [5.41, 5.74) is 0.0395. The SMILES string of the molecule is CCC1(C(=O)NCCCC(C)C)CC1. The van der Waals surface area contributed by atoms with Gasteiger partial charge in [0.05, 0.1) is 0 Å². The quantitative estimate of drug-likeness (QED) is 0.652. The molecule has 0 heterocycles. The van der Waals surface area contributed by atoms with Gasteiger partial charge < -0.3 is 5.32 Å². The van der Waals surface area contributed by atoms with Crippen LogP contribution in [0.15, 0.2) is 0 Å². The summed E-state index contributed by atoms with van der Waals surface area (Å²) in [6.45, 7) is 7.41. The van der Waals surface area contributed by atoms with E-state index in [9.17, 15) is 4.79 Å². The number of rotatable bonds is 6. The molecule has 2 heteroatoms. The molecule has 0 spiro atoms. The molecular formula is C12H23NO. The van der Waals surface area contributed by atoms with Crippen molar-refractivity contribution in [3.05, 3.63) is 0 Å². The summed E-state index contributed by atoms with van der Waals surface area (Å²) in [5, 5.41) is 3.05. The molecule has 2 nitrogen and oxygen atoms in total. The average molecular weight is 197 g/mol. The molecule has 82 valence electrons. The van der Waals surface area contributed by atoms with Crippen molar-refractivity contribution in [2.75, 3.05) is 6.54 Å². The van der Waals surface area contributed by atoms with Crippen LogP contribution >= 0.6 is 0 Å². The lowest BCUT2D eigenvalue weighted by Crippen LogP contribution is -2.32. The van der Waals surface area contributed by atoms with E-state index in [0.29, 0.717) is 5.91 Å². The van der Waals surface area contributed by atoms with Gasteiger partial charge in [0.15, 0.2) is 0 Å². The maximum Gasteiger partial charge on any atom is 0.226 e. The molecule has 0 unspecified atom stereocenters. The van der Waals surface area contributed by atoms with Gasteiger partial charge in [-0.05, 0) is 38.0 Å². The third kappa shape index (κ3) is 3.00. The van der Waals surface area contributed by atoms with Crippen LogP contribution in [0, 0.1) is 11.3 Å². The lowest BCUT2D eigenvalue weighted by Gasteiger charge is -2.13. The summed E-state index contributed by atoms with van der Waals surface area (Å²) in [6.07, 6.45) is 5.52. The molecule has 1 N–H and O–H groups in total. The third-order valence-corrected chi connectivity index (χ3v) is 3.26. The van der Waals surface area contributed by atoms with Gasteiger partial charge in [-0.3, -0.25) is 4.79 Å². The summed E-state index contributed by atoms with van der Waals surface area (Å²) < 4.78 is 0. The van der Waals surface area contributed by atoms with Gasteiger partial charge in [-0.25, -0.2) is 0 Å². The lowest BCUT2D eigenvalue weighted by molar-refractivity contribution is -0.126. The molecule has 1 rings (SSSR count). The topological polar surface area (TPSA) is 29.1 Å². The number of amides is 1. The number of nitrogens with one attached hydrogen (secondary N) is 1. The van der Waals surface area contributed by atoms with Gasteiger partial charge in [0.1, 0.15) is 0 Å². The van der Waals surface area contributed by atoms with Gasteiger partial charge in [0.2, 0.25) is 5.91 Å². The van der Waals surface area contributed by atoms with Gasteiger partial charge >= 0.3 is 0 Å². The average Bonchev–Trinajstić information content (AvgIpc) is 2.92. The van der Waals surface area contributed by atoms with Crippen LogP contribution in [-0.4, -0.2) is 12.5 Å². The first-order valence-electron chi connectivity index (χ1n) is 5.89. The minimum absolute atomic E-state index is 0.0395. The third-order valence-electron chi connectivity index (χ3n) is 3.26. The van der Waals surface area contributed by atoms with Crippen molar-refractivity contribution in [3.63, 3.8) is 0 Å². The predicted octanol–water partition coefficient (Wildman–Crippen LogP) is 2.73. The highest BCUT2D eigenvalue weighted by atomic mass is 16.2. The Morgan fingerprint density at radius 2 is 2.07 bits per heavy atom. The summed E-state index contributed by atoms with van der Waals surface area (Å²) in [6, 6.07) is 0. The highest BCUT2D eigenvalue weighted by Gasteiger charge is 2.47. The van der Waals surface area contributed by atoms with E-state index in [2.05, 4.69) is 26.1 Å². The van der Waals surface area contributed by atoms with Crippen molar-refractivity contribution >= 4 is 5.91 Å². The number of carbonyl (C=O) groups excluding carboxylic acids is 1. The summed E-state index contributed by atoms with van der Waals surface area (Å²) in [4.78, 5) is 11.7. The number of hydrogen-bond acceptors (Lipinski definition) is 1. The van der Waals surface area contributed by atoms with Crippen molar-refractivity contribution in [2.45, 2.75) is 52.9 Å². The van der Waals surface area contributed by atoms with Gasteiger partial charge in [-0.1, -0.05) is 20.8 Å². The van der Waals surface area contributed by atoms with Gasteiger partial charge in [-0.2, -0.15) is 0 Å². The molecule has 0 aromatic rings. The fourth-order valence-electron chi connectivity index (χ4n) is 1.79. The van der Waals surface area contributed by atoms with Crippen molar-refractivity contribution in [3.8, 4) is 0 Å². The van der Waals surface area contributed by atoms with Crippen molar-refractivity contribution in [1.29, 1.82) is 0 Å². The molecule has 1 fully saturated rings. The predicted molar refractivity (Wildman–Crippen MR) is 59.0 cm³/mol. The van der Waals surface area contributed by atoms with Gasteiger partial charge in [0, 0.05) is 12.0 Å². The molecule has 1 aliphatic carbocycles. The Kier molecular flexibility index (Phi) is 3.97. The maximum atomic E-state index is 11.7. The largest absolute Gasteiger partial charge is 0.356 e. The first-order valence-corrected chi connectivity index (χ1v) is 5.89. The molecule has 0 bridgehead atoms. The van der Waals surface area contributed by atoms with E-state index in [1.165, 1.54) is 6.42 Å². The Morgan fingerprint density at radius 1 is 1.43 bits per heavy atom. The molecule has 1 amide bonds. The van der Waals surface area contributed by atoms with E-state index < -0.39 is 0 Å². The Bertz CT molecular complexity index is 194. The Hall–Kier alpha value is -0.530. The van der Waals surface area contributed by atoms with E-state index in [1.807, 2.05) is 0 Å². The molecule has 0 radical (unpaired) electrons. The fourth-order valence-corrected chi connectivity index (χ4v) is 1.79. The summed E-state index contributed by atoms with van der Waals surface area (Å²) in [5.74, 6) is 1.04. The first kappa shape index (κ1) is 11.5. The van der Waals surface area contributed by atoms with Crippen LogP contribution < -0.4 is 5.32 Å². The molecule has 0 aromatic heterocycles. The molecule has 0 saturated heterocycles. The molecule has 1 saturated carbocycles. The second kappa shape index (κ2) is 4.81. The van der Waals surface area contributed by atoms with Crippen LogP contribution in [-0.2, 0) is 4.79 Å². The smallest absolute Gasteiger partial charge is 0.226 e. The molecule has 0 aromatic carbocycles. The minimum Gasteiger partial charge on any atom is -0.356 e.